The Balaban J connectivity index is 0.000000921. The van der Waals surface area contributed by atoms with Crippen molar-refractivity contribution in [3.05, 3.63) is 22.8 Å². The maximum Gasteiger partial charge on any atom is 0.154 e. The second-order valence-corrected chi connectivity index (χ2v) is 3.54. The van der Waals surface area contributed by atoms with E-state index in [1.54, 1.807) is 0 Å². The molecular formula is C12H22N2O. The fourth-order valence-corrected chi connectivity index (χ4v) is 1.70. The minimum atomic E-state index is -0.0833. The van der Waals surface area contributed by atoms with E-state index in [0.29, 0.717) is 11.7 Å². The minimum absolute atomic E-state index is 0.0833. The van der Waals surface area contributed by atoms with Gasteiger partial charge in [0.2, 0.25) is 0 Å². The highest BCUT2D eigenvalue weighted by molar-refractivity contribution is 5.27. The number of aromatic nitrogens is 2. The van der Waals surface area contributed by atoms with Crippen molar-refractivity contribution >= 4 is 0 Å². The van der Waals surface area contributed by atoms with Crippen LogP contribution in [0.1, 0.15) is 56.4 Å². The van der Waals surface area contributed by atoms with Gasteiger partial charge in [0, 0.05) is 11.4 Å². The lowest BCUT2D eigenvalue weighted by molar-refractivity contribution is 0.270. The molecule has 0 aliphatic heterocycles. The van der Waals surface area contributed by atoms with Crippen LogP contribution in [0.4, 0.5) is 0 Å². The molecule has 1 heterocycles. The molecule has 0 unspecified atom stereocenters. The molecule has 1 aromatic heterocycles. The molecule has 1 N–H and O–H groups in total. The second kappa shape index (κ2) is 6.51. The Morgan fingerprint density at radius 1 is 1.07 bits per heavy atom. The number of rotatable bonds is 2. The molecule has 0 aromatic carbocycles. The molecule has 3 nitrogen and oxygen atoms in total. The molecule has 0 saturated carbocycles. The lowest BCUT2D eigenvalue weighted by Gasteiger charge is -2.12. The SMILES string of the molecule is CC.Cc1nc(CO)nc(C)c1C(C)C. The van der Waals surface area contributed by atoms with Gasteiger partial charge in [-0.25, -0.2) is 9.97 Å². The average molecular weight is 210 g/mol. The highest BCUT2D eigenvalue weighted by Crippen LogP contribution is 2.20. The summed E-state index contributed by atoms with van der Waals surface area (Å²) in [6.07, 6.45) is 0. The monoisotopic (exact) mass is 210 g/mol. The molecule has 0 atom stereocenters. The molecule has 0 fully saturated rings. The first-order chi connectivity index (χ1) is 7.06. The highest BCUT2D eigenvalue weighted by atomic mass is 16.3. The van der Waals surface area contributed by atoms with E-state index >= 15 is 0 Å². The topological polar surface area (TPSA) is 46.0 Å². The van der Waals surface area contributed by atoms with Crippen LogP contribution in [0.25, 0.3) is 0 Å². The summed E-state index contributed by atoms with van der Waals surface area (Å²) >= 11 is 0. The summed E-state index contributed by atoms with van der Waals surface area (Å²) in [4.78, 5) is 8.43. The fourth-order valence-electron chi connectivity index (χ4n) is 1.70. The third-order valence-electron chi connectivity index (χ3n) is 2.09. The van der Waals surface area contributed by atoms with E-state index in [9.17, 15) is 0 Å². The Hall–Kier alpha value is -0.960. The van der Waals surface area contributed by atoms with Crippen LogP contribution in [0, 0.1) is 13.8 Å². The van der Waals surface area contributed by atoms with Gasteiger partial charge < -0.3 is 5.11 Å². The molecule has 86 valence electrons. The fraction of sp³-hybridized carbons (Fsp3) is 0.667. The van der Waals surface area contributed by atoms with E-state index in [1.165, 1.54) is 5.56 Å². The molecule has 1 aromatic rings. The standard InChI is InChI=1S/C10H16N2O.C2H6/c1-6(2)10-7(3)11-9(5-13)12-8(10)4;1-2/h6,13H,5H2,1-4H3;1-2H3. The van der Waals surface area contributed by atoms with Gasteiger partial charge in [0.1, 0.15) is 6.61 Å². The molecule has 1 rings (SSSR count). The summed E-state index contributed by atoms with van der Waals surface area (Å²) in [5.41, 5.74) is 3.15. The maximum absolute atomic E-state index is 8.89. The van der Waals surface area contributed by atoms with Crippen molar-refractivity contribution in [3.8, 4) is 0 Å². The van der Waals surface area contributed by atoms with Crippen LogP contribution in [-0.2, 0) is 6.61 Å². The van der Waals surface area contributed by atoms with Crippen LogP contribution >= 0.6 is 0 Å². The van der Waals surface area contributed by atoms with Crippen LogP contribution in [0.5, 0.6) is 0 Å². The molecule has 0 saturated heterocycles. The lowest BCUT2D eigenvalue weighted by Crippen LogP contribution is -2.06. The van der Waals surface area contributed by atoms with Crippen molar-refractivity contribution in [3.63, 3.8) is 0 Å². The predicted molar refractivity (Wildman–Crippen MR) is 62.9 cm³/mol. The summed E-state index contributed by atoms with van der Waals surface area (Å²) in [6.45, 7) is 12.1. The van der Waals surface area contributed by atoms with Crippen LogP contribution in [-0.4, -0.2) is 15.1 Å². The van der Waals surface area contributed by atoms with Gasteiger partial charge in [-0.3, -0.25) is 0 Å². The van der Waals surface area contributed by atoms with Gasteiger partial charge in [0.25, 0.3) is 0 Å². The smallest absolute Gasteiger partial charge is 0.154 e. The summed E-state index contributed by atoms with van der Waals surface area (Å²) < 4.78 is 0. The van der Waals surface area contributed by atoms with Gasteiger partial charge in [0.05, 0.1) is 0 Å². The highest BCUT2D eigenvalue weighted by Gasteiger charge is 2.10. The predicted octanol–water partition coefficient (Wildman–Crippen LogP) is 2.74. The zero-order valence-corrected chi connectivity index (χ0v) is 10.6. The van der Waals surface area contributed by atoms with Gasteiger partial charge in [-0.2, -0.15) is 0 Å². The number of nitrogens with zero attached hydrogens (tertiary/aromatic N) is 2. The van der Waals surface area contributed by atoms with Crippen molar-refractivity contribution in [1.82, 2.24) is 9.97 Å². The quantitative estimate of drug-likeness (QED) is 0.816. The summed E-state index contributed by atoms with van der Waals surface area (Å²) in [6, 6.07) is 0. The van der Waals surface area contributed by atoms with Crippen LogP contribution < -0.4 is 0 Å². The Labute approximate surface area is 92.6 Å². The number of hydrogen-bond acceptors (Lipinski definition) is 3. The maximum atomic E-state index is 8.89. The van der Waals surface area contributed by atoms with Crippen molar-refractivity contribution < 1.29 is 5.11 Å². The Morgan fingerprint density at radius 2 is 1.47 bits per heavy atom. The van der Waals surface area contributed by atoms with Crippen LogP contribution in [0.3, 0.4) is 0 Å². The molecule has 0 aliphatic carbocycles. The molecule has 3 heteroatoms. The van der Waals surface area contributed by atoms with E-state index in [-0.39, 0.29) is 6.61 Å². The van der Waals surface area contributed by atoms with Crippen LogP contribution in [0.2, 0.25) is 0 Å². The zero-order chi connectivity index (χ0) is 12.0. The number of aryl methyl sites for hydroxylation is 2. The summed E-state index contributed by atoms with van der Waals surface area (Å²) in [7, 11) is 0. The van der Waals surface area contributed by atoms with E-state index < -0.39 is 0 Å². The van der Waals surface area contributed by atoms with Crippen molar-refractivity contribution in [2.45, 2.75) is 54.1 Å². The Kier molecular flexibility index (Phi) is 6.09. The third-order valence-corrected chi connectivity index (χ3v) is 2.09. The second-order valence-electron chi connectivity index (χ2n) is 3.54. The first-order valence-electron chi connectivity index (χ1n) is 5.51. The Bertz CT molecular complexity index is 285. The Morgan fingerprint density at radius 3 is 1.73 bits per heavy atom. The molecule has 0 spiro atoms. The van der Waals surface area contributed by atoms with Crippen molar-refractivity contribution in [2.75, 3.05) is 0 Å². The summed E-state index contributed by atoms with van der Waals surface area (Å²) in [5, 5.41) is 8.89. The lowest BCUT2D eigenvalue weighted by atomic mass is 10.0. The largest absolute Gasteiger partial charge is 0.388 e. The first-order valence-corrected chi connectivity index (χ1v) is 5.51. The third kappa shape index (κ3) is 3.59. The van der Waals surface area contributed by atoms with Gasteiger partial charge in [-0.1, -0.05) is 27.7 Å². The summed E-state index contributed by atoms with van der Waals surface area (Å²) in [5.74, 6) is 0.951. The van der Waals surface area contributed by atoms with Gasteiger partial charge in [-0.05, 0) is 25.3 Å². The normalized spacial score (nSPS) is 9.87. The number of aliphatic hydroxyl groups is 1. The minimum Gasteiger partial charge on any atom is -0.388 e. The number of hydrogen-bond donors (Lipinski definition) is 1. The molecule has 0 amide bonds. The molecule has 0 bridgehead atoms. The van der Waals surface area contributed by atoms with E-state index in [1.807, 2.05) is 27.7 Å². The van der Waals surface area contributed by atoms with Crippen molar-refractivity contribution in [1.29, 1.82) is 0 Å². The first kappa shape index (κ1) is 14.0. The molecule has 0 radical (unpaired) electrons. The van der Waals surface area contributed by atoms with Gasteiger partial charge in [0.15, 0.2) is 5.82 Å². The molecular weight excluding hydrogens is 188 g/mol. The zero-order valence-electron chi connectivity index (χ0n) is 10.6. The van der Waals surface area contributed by atoms with Crippen LogP contribution in [0.15, 0.2) is 0 Å². The van der Waals surface area contributed by atoms with Gasteiger partial charge in [-0.15, -0.1) is 0 Å². The van der Waals surface area contributed by atoms with E-state index in [0.717, 1.165) is 11.4 Å². The van der Waals surface area contributed by atoms with E-state index in [4.69, 9.17) is 5.11 Å². The average Bonchev–Trinajstić information content (AvgIpc) is 2.19. The van der Waals surface area contributed by atoms with Gasteiger partial charge >= 0.3 is 0 Å². The molecule has 15 heavy (non-hydrogen) atoms. The molecule has 0 aliphatic rings. The number of aliphatic hydroxyl groups excluding tert-OH is 1. The van der Waals surface area contributed by atoms with Crippen molar-refractivity contribution in [2.24, 2.45) is 0 Å². The van der Waals surface area contributed by atoms with E-state index in [2.05, 4.69) is 23.8 Å².